The molecule has 0 aliphatic rings. The first-order valence-electron chi connectivity index (χ1n) is 7.84. The van der Waals surface area contributed by atoms with Crippen LogP contribution < -0.4 is 10.1 Å². The minimum Gasteiger partial charge on any atom is -0.496 e. The van der Waals surface area contributed by atoms with Gasteiger partial charge in [-0.05, 0) is 45.9 Å². The maximum Gasteiger partial charge on any atom is 0.316 e. The van der Waals surface area contributed by atoms with Crippen molar-refractivity contribution in [3.63, 3.8) is 0 Å². The average molecular weight is 367 g/mol. The number of carbonyl (C=O) groups is 3. The highest BCUT2D eigenvalue weighted by Crippen LogP contribution is 2.25. The summed E-state index contributed by atoms with van der Waals surface area (Å²) in [4.78, 5) is 34.8. The predicted octanol–water partition coefficient (Wildman–Crippen LogP) is 2.59. The Balaban J connectivity index is 2.46. The van der Waals surface area contributed by atoms with Crippen LogP contribution in [0, 0.1) is 0 Å². The van der Waals surface area contributed by atoms with Gasteiger partial charge in [-0.3, -0.25) is 14.4 Å². The van der Waals surface area contributed by atoms with E-state index in [-0.39, 0.29) is 29.6 Å². The second-order valence-electron chi connectivity index (χ2n) is 6.53. The zero-order valence-corrected chi connectivity index (χ0v) is 16.1. The van der Waals surface area contributed by atoms with Gasteiger partial charge in [0.1, 0.15) is 5.75 Å². The Morgan fingerprint density at radius 2 is 1.88 bits per heavy atom. The van der Waals surface area contributed by atoms with Gasteiger partial charge in [0.05, 0.1) is 12.9 Å². The van der Waals surface area contributed by atoms with Gasteiger partial charge in [0.15, 0.2) is 12.4 Å². The summed E-state index contributed by atoms with van der Waals surface area (Å²) >= 11 is 1.33. The number of nitrogens with one attached hydrogen (secondary N) is 1. The zero-order valence-electron chi connectivity index (χ0n) is 15.3. The second-order valence-corrected chi connectivity index (χ2v) is 7.52. The van der Waals surface area contributed by atoms with Gasteiger partial charge in [-0.25, -0.2) is 0 Å². The minimum atomic E-state index is -0.462. The van der Waals surface area contributed by atoms with E-state index in [1.807, 2.05) is 20.8 Å². The molecule has 1 aromatic carbocycles. The molecular formula is C18H25NO5S. The Kier molecular flexibility index (Phi) is 7.96. The van der Waals surface area contributed by atoms with E-state index in [1.165, 1.54) is 18.7 Å². The standard InChI is InChI=1S/C18H25NO5S/c1-12(20)13-6-7-15(23-5)14(8-13)10-25-11-17(22)24-9-16(21)19-18(2,3)4/h6-8H,9-11H2,1-5H3,(H,19,21). The van der Waals surface area contributed by atoms with Gasteiger partial charge in [-0.2, -0.15) is 0 Å². The van der Waals surface area contributed by atoms with Crippen LogP contribution in [-0.4, -0.2) is 42.7 Å². The number of hydrogen-bond acceptors (Lipinski definition) is 6. The maximum atomic E-state index is 11.7. The van der Waals surface area contributed by atoms with Crippen LogP contribution in [-0.2, 0) is 20.1 Å². The quantitative estimate of drug-likeness (QED) is 0.562. The molecule has 7 heteroatoms. The number of ketones is 1. The van der Waals surface area contributed by atoms with Crippen molar-refractivity contribution in [2.45, 2.75) is 39.0 Å². The molecule has 0 fully saturated rings. The van der Waals surface area contributed by atoms with Gasteiger partial charge < -0.3 is 14.8 Å². The average Bonchev–Trinajstić information content (AvgIpc) is 2.51. The van der Waals surface area contributed by atoms with E-state index in [4.69, 9.17) is 9.47 Å². The molecule has 1 N–H and O–H groups in total. The van der Waals surface area contributed by atoms with E-state index in [0.717, 1.165) is 5.56 Å². The molecular weight excluding hydrogens is 342 g/mol. The molecule has 0 heterocycles. The van der Waals surface area contributed by atoms with Crippen LogP contribution in [0.5, 0.6) is 5.75 Å². The van der Waals surface area contributed by atoms with Gasteiger partial charge in [-0.15, -0.1) is 11.8 Å². The lowest BCUT2D eigenvalue weighted by Gasteiger charge is -2.20. The largest absolute Gasteiger partial charge is 0.496 e. The van der Waals surface area contributed by atoms with Crippen LogP contribution in [0.2, 0.25) is 0 Å². The summed E-state index contributed by atoms with van der Waals surface area (Å²) in [6.45, 7) is 6.76. The fourth-order valence-electron chi connectivity index (χ4n) is 2.00. The topological polar surface area (TPSA) is 81.7 Å². The van der Waals surface area contributed by atoms with Crippen molar-refractivity contribution in [1.82, 2.24) is 5.32 Å². The molecule has 1 amide bonds. The van der Waals surface area contributed by atoms with Crippen LogP contribution in [0.4, 0.5) is 0 Å². The lowest BCUT2D eigenvalue weighted by atomic mass is 10.1. The number of hydrogen-bond donors (Lipinski definition) is 1. The molecule has 0 aliphatic carbocycles. The number of amides is 1. The number of Topliss-reactive ketones (excluding diaryl/α,β-unsaturated/α-hetero) is 1. The normalized spacial score (nSPS) is 10.9. The molecule has 0 spiro atoms. The number of thioether (sulfide) groups is 1. The van der Waals surface area contributed by atoms with Gasteiger partial charge in [0.25, 0.3) is 5.91 Å². The maximum absolute atomic E-state index is 11.7. The van der Waals surface area contributed by atoms with Crippen molar-refractivity contribution in [2.75, 3.05) is 19.5 Å². The smallest absolute Gasteiger partial charge is 0.316 e. The predicted molar refractivity (Wildman–Crippen MR) is 98.0 cm³/mol. The Hall–Kier alpha value is -2.02. The third kappa shape index (κ3) is 8.07. The SMILES string of the molecule is COc1ccc(C(C)=O)cc1CSCC(=O)OCC(=O)NC(C)(C)C. The first-order valence-corrected chi connectivity index (χ1v) is 9.00. The molecule has 0 unspecified atom stereocenters. The highest BCUT2D eigenvalue weighted by atomic mass is 32.2. The van der Waals surface area contributed by atoms with E-state index in [2.05, 4.69) is 5.32 Å². The van der Waals surface area contributed by atoms with E-state index >= 15 is 0 Å². The number of methoxy groups -OCH3 is 1. The van der Waals surface area contributed by atoms with Gasteiger partial charge in [0.2, 0.25) is 0 Å². The molecule has 1 aromatic rings. The Morgan fingerprint density at radius 1 is 1.20 bits per heavy atom. The van der Waals surface area contributed by atoms with Crippen molar-refractivity contribution in [3.8, 4) is 5.75 Å². The molecule has 6 nitrogen and oxygen atoms in total. The first kappa shape index (κ1) is 21.0. The Labute approximate surface area is 152 Å². The van der Waals surface area contributed by atoms with Crippen molar-refractivity contribution >= 4 is 29.4 Å². The summed E-state index contributed by atoms with van der Waals surface area (Å²) in [7, 11) is 1.55. The summed E-state index contributed by atoms with van der Waals surface area (Å²) in [6, 6.07) is 5.20. The minimum absolute atomic E-state index is 0.0295. The fourth-order valence-corrected chi connectivity index (χ4v) is 2.79. The molecule has 25 heavy (non-hydrogen) atoms. The van der Waals surface area contributed by atoms with Crippen LogP contribution >= 0.6 is 11.8 Å². The molecule has 0 atom stereocenters. The summed E-state index contributed by atoms with van der Waals surface area (Å²) in [5.74, 6) is 0.440. The Morgan fingerprint density at radius 3 is 2.44 bits per heavy atom. The van der Waals surface area contributed by atoms with Gasteiger partial charge in [-0.1, -0.05) is 0 Å². The van der Waals surface area contributed by atoms with Crippen molar-refractivity contribution in [2.24, 2.45) is 0 Å². The van der Waals surface area contributed by atoms with Crippen LogP contribution in [0.3, 0.4) is 0 Å². The molecule has 0 aromatic heterocycles. The molecule has 0 saturated carbocycles. The van der Waals surface area contributed by atoms with E-state index in [1.54, 1.807) is 25.3 Å². The lowest BCUT2D eigenvalue weighted by Crippen LogP contribution is -2.42. The van der Waals surface area contributed by atoms with Crippen molar-refractivity contribution < 1.29 is 23.9 Å². The third-order valence-corrected chi connectivity index (χ3v) is 4.00. The fraction of sp³-hybridized carbons (Fsp3) is 0.500. The molecule has 0 radical (unpaired) electrons. The van der Waals surface area contributed by atoms with Crippen molar-refractivity contribution in [1.29, 1.82) is 0 Å². The third-order valence-electron chi connectivity index (χ3n) is 3.04. The number of esters is 1. The van der Waals surface area contributed by atoms with Gasteiger partial charge in [0, 0.05) is 22.4 Å². The summed E-state index contributed by atoms with van der Waals surface area (Å²) in [6.07, 6.45) is 0. The first-order chi connectivity index (χ1) is 11.6. The molecule has 0 aliphatic heterocycles. The second kappa shape index (κ2) is 9.46. The summed E-state index contributed by atoms with van der Waals surface area (Å²) < 4.78 is 10.2. The molecule has 0 saturated heterocycles. The molecule has 1 rings (SSSR count). The molecule has 138 valence electrons. The van der Waals surface area contributed by atoms with Crippen LogP contribution in [0.25, 0.3) is 0 Å². The van der Waals surface area contributed by atoms with E-state index in [9.17, 15) is 14.4 Å². The van der Waals surface area contributed by atoms with Crippen LogP contribution in [0.15, 0.2) is 18.2 Å². The van der Waals surface area contributed by atoms with Crippen molar-refractivity contribution in [3.05, 3.63) is 29.3 Å². The highest BCUT2D eigenvalue weighted by molar-refractivity contribution is 7.99. The summed E-state index contributed by atoms with van der Waals surface area (Å²) in [5, 5.41) is 2.72. The number of carbonyl (C=O) groups excluding carboxylic acids is 3. The van der Waals surface area contributed by atoms with Crippen LogP contribution in [0.1, 0.15) is 43.6 Å². The van der Waals surface area contributed by atoms with E-state index < -0.39 is 5.97 Å². The highest BCUT2D eigenvalue weighted by Gasteiger charge is 2.15. The number of rotatable bonds is 8. The monoisotopic (exact) mass is 367 g/mol. The van der Waals surface area contributed by atoms with E-state index in [0.29, 0.717) is 17.1 Å². The number of benzene rings is 1. The Bertz CT molecular complexity index is 637. The lowest BCUT2D eigenvalue weighted by molar-refractivity contribution is -0.146. The zero-order chi connectivity index (χ0) is 19.0. The molecule has 0 bridgehead atoms. The summed E-state index contributed by atoms with van der Waals surface area (Å²) in [5.41, 5.74) is 1.06. The van der Waals surface area contributed by atoms with Gasteiger partial charge >= 0.3 is 5.97 Å². The number of ether oxygens (including phenoxy) is 2.